The molecule has 6 heteroatoms. The van der Waals surface area contributed by atoms with E-state index in [2.05, 4.69) is 10.4 Å². The van der Waals surface area contributed by atoms with E-state index in [0.29, 0.717) is 11.4 Å². The van der Waals surface area contributed by atoms with Gasteiger partial charge in [-0.2, -0.15) is 10.4 Å². The minimum Gasteiger partial charge on any atom is -0.493 e. The van der Waals surface area contributed by atoms with E-state index in [1.54, 1.807) is 0 Å². The van der Waals surface area contributed by atoms with E-state index in [1.165, 1.54) is 10.9 Å². The van der Waals surface area contributed by atoms with Crippen molar-refractivity contribution in [3.63, 3.8) is 0 Å². The second-order valence-corrected chi connectivity index (χ2v) is 5.73. The Labute approximate surface area is 151 Å². The number of nitriles is 1. The lowest BCUT2D eigenvalue weighted by atomic mass is 10.2. The second kappa shape index (κ2) is 7.99. The predicted octanol–water partition coefficient (Wildman–Crippen LogP) is 3.46. The van der Waals surface area contributed by atoms with Gasteiger partial charge in [-0.05, 0) is 31.2 Å². The number of nitrogens with one attached hydrogen (secondary N) is 1. The highest BCUT2D eigenvalue weighted by Crippen LogP contribution is 2.20. The topological polar surface area (TPSA) is 79.9 Å². The molecule has 6 nitrogen and oxygen atoms in total. The smallest absolute Gasteiger partial charge is 0.228 e. The van der Waals surface area contributed by atoms with Gasteiger partial charge in [0, 0.05) is 0 Å². The molecule has 0 aliphatic rings. The predicted molar refractivity (Wildman–Crippen MR) is 98.2 cm³/mol. The quantitative estimate of drug-likeness (QED) is 0.741. The first-order chi connectivity index (χ1) is 12.7. The molecule has 0 saturated heterocycles. The molecule has 0 radical (unpaired) electrons. The van der Waals surface area contributed by atoms with Gasteiger partial charge in [0.2, 0.25) is 5.91 Å². The number of hydrogen-bond donors (Lipinski definition) is 1. The second-order valence-electron chi connectivity index (χ2n) is 5.73. The first kappa shape index (κ1) is 17.2. The zero-order valence-electron chi connectivity index (χ0n) is 14.3. The number of carbonyl (C=O) groups is 1. The highest BCUT2D eigenvalue weighted by atomic mass is 16.5. The van der Waals surface area contributed by atoms with Crippen LogP contribution < -0.4 is 10.1 Å². The number of hydrogen-bond acceptors (Lipinski definition) is 4. The monoisotopic (exact) mass is 346 g/mol. The summed E-state index contributed by atoms with van der Waals surface area (Å²) in [6, 6.07) is 19.0. The Kier molecular flexibility index (Phi) is 5.30. The van der Waals surface area contributed by atoms with Gasteiger partial charge in [-0.15, -0.1) is 0 Å². The largest absolute Gasteiger partial charge is 0.493 e. The summed E-state index contributed by atoms with van der Waals surface area (Å²) in [6.45, 7) is 2.25. The van der Waals surface area contributed by atoms with Gasteiger partial charge < -0.3 is 10.1 Å². The normalized spacial score (nSPS) is 10.2. The molecule has 2 aromatic carbocycles. The van der Waals surface area contributed by atoms with Crippen molar-refractivity contribution in [3.8, 4) is 17.5 Å². The average Bonchev–Trinajstić information content (AvgIpc) is 3.06. The molecule has 130 valence electrons. The van der Waals surface area contributed by atoms with Gasteiger partial charge in [0.1, 0.15) is 17.4 Å². The molecule has 0 aliphatic heterocycles. The molecule has 1 amide bonds. The molecule has 0 saturated carbocycles. The molecule has 0 spiro atoms. The van der Waals surface area contributed by atoms with E-state index in [4.69, 9.17) is 4.74 Å². The summed E-state index contributed by atoms with van der Waals surface area (Å²) < 4.78 is 7.11. The Bertz CT molecular complexity index is 925. The fourth-order valence-electron chi connectivity index (χ4n) is 2.41. The van der Waals surface area contributed by atoms with E-state index in [0.717, 1.165) is 17.0 Å². The molecule has 3 aromatic rings. The van der Waals surface area contributed by atoms with Gasteiger partial charge in [-0.1, -0.05) is 35.9 Å². The number of aromatic nitrogens is 2. The number of ether oxygens (including phenoxy) is 1. The molecule has 0 aliphatic carbocycles. The van der Waals surface area contributed by atoms with E-state index < -0.39 is 0 Å². The number of para-hydroxylation sites is 1. The fourth-order valence-corrected chi connectivity index (χ4v) is 2.41. The summed E-state index contributed by atoms with van der Waals surface area (Å²) in [6.07, 6.45) is 1.60. The number of carbonyl (C=O) groups excluding carboxylic acids is 1. The van der Waals surface area contributed by atoms with Gasteiger partial charge in [0.25, 0.3) is 0 Å². The molecule has 1 aromatic heterocycles. The van der Waals surface area contributed by atoms with Gasteiger partial charge >= 0.3 is 0 Å². The van der Waals surface area contributed by atoms with Crippen molar-refractivity contribution in [2.75, 3.05) is 11.9 Å². The number of rotatable bonds is 6. The summed E-state index contributed by atoms with van der Waals surface area (Å²) in [5.74, 6) is 0.834. The first-order valence-electron chi connectivity index (χ1n) is 8.20. The third kappa shape index (κ3) is 4.08. The summed E-state index contributed by atoms with van der Waals surface area (Å²) in [4.78, 5) is 12.3. The van der Waals surface area contributed by atoms with Gasteiger partial charge in [0.15, 0.2) is 5.82 Å². The van der Waals surface area contributed by atoms with Gasteiger partial charge in [-0.3, -0.25) is 4.79 Å². The van der Waals surface area contributed by atoms with Crippen molar-refractivity contribution >= 4 is 11.7 Å². The van der Waals surface area contributed by atoms with Crippen molar-refractivity contribution in [1.82, 2.24) is 9.78 Å². The Morgan fingerprint density at radius 1 is 1.19 bits per heavy atom. The number of aryl methyl sites for hydroxylation is 1. The first-order valence-corrected chi connectivity index (χ1v) is 8.20. The van der Waals surface area contributed by atoms with Crippen LogP contribution >= 0.6 is 0 Å². The van der Waals surface area contributed by atoms with Crippen molar-refractivity contribution in [2.24, 2.45) is 0 Å². The molecule has 0 bridgehead atoms. The molecule has 0 unspecified atom stereocenters. The molecule has 3 rings (SSSR count). The van der Waals surface area contributed by atoms with Crippen LogP contribution in [0.2, 0.25) is 0 Å². The van der Waals surface area contributed by atoms with Gasteiger partial charge in [0.05, 0.1) is 24.9 Å². The van der Waals surface area contributed by atoms with Crippen LogP contribution in [-0.2, 0) is 4.79 Å². The Balaban J connectivity index is 1.65. The highest BCUT2D eigenvalue weighted by Gasteiger charge is 2.15. The molecule has 1 heterocycles. The van der Waals surface area contributed by atoms with Gasteiger partial charge in [-0.25, -0.2) is 4.68 Å². The molecule has 0 atom stereocenters. The third-order valence-corrected chi connectivity index (χ3v) is 3.77. The number of benzene rings is 2. The lowest BCUT2D eigenvalue weighted by Crippen LogP contribution is -2.18. The van der Waals surface area contributed by atoms with E-state index in [1.807, 2.05) is 67.6 Å². The van der Waals surface area contributed by atoms with E-state index in [9.17, 15) is 10.1 Å². The Morgan fingerprint density at radius 3 is 2.62 bits per heavy atom. The SMILES string of the molecule is Cc1ccc(OCCC(=O)Nc2c(C#N)cnn2-c2ccccc2)cc1. The summed E-state index contributed by atoms with van der Waals surface area (Å²) in [7, 11) is 0. The van der Waals surface area contributed by atoms with Crippen LogP contribution in [0, 0.1) is 18.3 Å². The van der Waals surface area contributed by atoms with Crippen LogP contribution in [0.5, 0.6) is 5.75 Å². The van der Waals surface area contributed by atoms with Crippen molar-refractivity contribution < 1.29 is 9.53 Å². The fraction of sp³-hybridized carbons (Fsp3) is 0.150. The standard InChI is InChI=1S/C20H18N4O2/c1-15-7-9-18(10-8-15)26-12-11-19(25)23-20-16(13-21)14-22-24(20)17-5-3-2-4-6-17/h2-10,14H,11-12H2,1H3,(H,23,25). The maximum Gasteiger partial charge on any atom is 0.228 e. The van der Waals surface area contributed by atoms with E-state index in [-0.39, 0.29) is 18.9 Å². The number of anilines is 1. The maximum absolute atomic E-state index is 12.3. The van der Waals surface area contributed by atoms with Crippen LogP contribution in [0.15, 0.2) is 60.8 Å². The lowest BCUT2D eigenvalue weighted by Gasteiger charge is -2.10. The van der Waals surface area contributed by atoms with Crippen molar-refractivity contribution in [1.29, 1.82) is 5.26 Å². The molecule has 26 heavy (non-hydrogen) atoms. The molecule has 1 N–H and O–H groups in total. The molecular formula is C20H18N4O2. The van der Waals surface area contributed by atoms with Crippen molar-refractivity contribution in [2.45, 2.75) is 13.3 Å². The minimum absolute atomic E-state index is 0.165. The zero-order valence-corrected chi connectivity index (χ0v) is 14.3. The third-order valence-electron chi connectivity index (χ3n) is 3.77. The van der Waals surface area contributed by atoms with Crippen LogP contribution in [0.25, 0.3) is 5.69 Å². The molecule has 0 fully saturated rings. The van der Waals surface area contributed by atoms with Crippen LogP contribution in [0.1, 0.15) is 17.5 Å². The minimum atomic E-state index is -0.244. The summed E-state index contributed by atoms with van der Waals surface area (Å²) >= 11 is 0. The van der Waals surface area contributed by atoms with E-state index >= 15 is 0 Å². The Morgan fingerprint density at radius 2 is 1.92 bits per heavy atom. The number of amides is 1. The van der Waals surface area contributed by atoms with Crippen molar-refractivity contribution in [3.05, 3.63) is 71.9 Å². The summed E-state index contributed by atoms with van der Waals surface area (Å²) in [5, 5.41) is 16.2. The maximum atomic E-state index is 12.3. The van der Waals surface area contributed by atoms with Crippen LogP contribution in [0.4, 0.5) is 5.82 Å². The lowest BCUT2D eigenvalue weighted by molar-refractivity contribution is -0.116. The zero-order chi connectivity index (χ0) is 18.4. The number of nitrogens with zero attached hydrogens (tertiary/aromatic N) is 3. The van der Waals surface area contributed by atoms with Crippen LogP contribution in [-0.4, -0.2) is 22.3 Å². The Hall–Kier alpha value is -3.59. The summed E-state index contributed by atoms with van der Waals surface area (Å²) in [5.41, 5.74) is 2.22. The average molecular weight is 346 g/mol. The molecular weight excluding hydrogens is 328 g/mol. The van der Waals surface area contributed by atoms with Crippen LogP contribution in [0.3, 0.4) is 0 Å². The highest BCUT2D eigenvalue weighted by molar-refractivity contribution is 5.91.